The summed E-state index contributed by atoms with van der Waals surface area (Å²) in [7, 11) is 17.1. The van der Waals surface area contributed by atoms with E-state index in [2.05, 4.69) is 102 Å². The van der Waals surface area contributed by atoms with Crippen LogP contribution in [0.2, 0.25) is 0 Å². The van der Waals surface area contributed by atoms with Crippen molar-refractivity contribution in [1.29, 1.82) is 0 Å². The van der Waals surface area contributed by atoms with Crippen molar-refractivity contribution in [3.05, 3.63) is 29.6 Å². The van der Waals surface area contributed by atoms with Gasteiger partial charge in [0.25, 0.3) is 0 Å². The molecule has 2 saturated heterocycles. The van der Waals surface area contributed by atoms with E-state index in [9.17, 15) is 0 Å². The van der Waals surface area contributed by atoms with Crippen molar-refractivity contribution >= 4 is 90.3 Å². The van der Waals surface area contributed by atoms with Gasteiger partial charge in [0, 0.05) is 0 Å². The Kier molecular flexibility index (Phi) is 6.73. The van der Waals surface area contributed by atoms with E-state index in [-0.39, 0.29) is 0 Å². The van der Waals surface area contributed by atoms with Crippen molar-refractivity contribution < 1.29 is 4.42 Å². The Balaban J connectivity index is 1.82. The van der Waals surface area contributed by atoms with Gasteiger partial charge in [-0.3, -0.25) is 0 Å². The Morgan fingerprint density at radius 3 is 2.13 bits per heavy atom. The fourth-order valence-corrected chi connectivity index (χ4v) is 32.5. The first-order chi connectivity index (χ1) is 14.5. The second kappa shape index (κ2) is 9.19. The maximum atomic E-state index is 6.62. The summed E-state index contributed by atoms with van der Waals surface area (Å²) in [5.41, 5.74) is 4.36. The van der Waals surface area contributed by atoms with Crippen LogP contribution in [-0.2, 0) is 0 Å². The van der Waals surface area contributed by atoms with Gasteiger partial charge in [0.1, 0.15) is 0 Å². The van der Waals surface area contributed by atoms with E-state index in [0.29, 0.717) is 0 Å². The molecule has 158 valence electrons. The third-order valence-electron chi connectivity index (χ3n) is 4.95. The Hall–Kier alpha value is 0.157. The van der Waals surface area contributed by atoms with Crippen LogP contribution in [0.5, 0.6) is 0 Å². The molecule has 3 heterocycles. The zero-order valence-corrected chi connectivity index (χ0v) is 24.4. The molecule has 3 aliphatic heterocycles. The molecule has 0 radical (unpaired) electrons. The predicted octanol–water partition coefficient (Wildman–Crippen LogP) is 2.38. The molecule has 0 amide bonds. The predicted molar refractivity (Wildman–Crippen MR) is 143 cm³/mol. The minimum atomic E-state index is -1.21. The van der Waals surface area contributed by atoms with Crippen LogP contribution in [0.1, 0.15) is 0 Å². The van der Waals surface area contributed by atoms with Gasteiger partial charge >= 0.3 is 201 Å². The molecule has 1 aliphatic carbocycles. The molecule has 1 aromatic carbocycles. The molecule has 5 rings (SSSR count). The van der Waals surface area contributed by atoms with Crippen LogP contribution in [0.25, 0.3) is 22.6 Å². The Bertz CT molecular complexity index is 1140. The third-order valence-corrected chi connectivity index (χ3v) is 32.2. The second-order valence-corrected chi connectivity index (χ2v) is 30.8. The molecule has 2 fully saturated rings. The second-order valence-electron chi connectivity index (χ2n) is 7.47. The molecule has 0 unspecified atom stereocenters. The van der Waals surface area contributed by atoms with Gasteiger partial charge in [-0.15, -0.1) is 0 Å². The monoisotopic (exact) mass is 600 g/mol. The summed E-state index contributed by atoms with van der Waals surface area (Å²) in [4.78, 5) is 7.54. The summed E-state index contributed by atoms with van der Waals surface area (Å²) in [5.74, 6) is 6.00. The molecule has 30 heavy (non-hydrogen) atoms. The number of rotatable bonds is 3. The van der Waals surface area contributed by atoms with Crippen LogP contribution in [-0.4, -0.2) is 80.9 Å². The van der Waals surface area contributed by atoms with Gasteiger partial charge in [-0.1, -0.05) is 0 Å². The van der Waals surface area contributed by atoms with Crippen molar-refractivity contribution in [2.24, 2.45) is 0 Å². The van der Waals surface area contributed by atoms with E-state index in [1.807, 2.05) is 0 Å². The van der Waals surface area contributed by atoms with Crippen LogP contribution in [0.4, 0.5) is 5.69 Å². The average Bonchev–Trinajstić information content (AvgIpc) is 3.44. The summed E-state index contributed by atoms with van der Waals surface area (Å²) >= 11 is -2.42. The molecular weight excluding hydrogens is 576 g/mol. The van der Waals surface area contributed by atoms with Crippen LogP contribution < -0.4 is 23.5 Å². The SMILES string of the molecule is CN(C)c1cc([As]2SCCS2)c2nc3c([As]4SCCS4)cc(=[N+](C)C)cc-3oc2c1. The summed E-state index contributed by atoms with van der Waals surface area (Å²) < 4.78 is 11.7. The maximum absolute atomic E-state index is 6.62. The first kappa shape index (κ1) is 22.0. The molecule has 4 nitrogen and oxygen atoms in total. The molecule has 0 N–H and O–H groups in total. The average molecular weight is 601 g/mol. The van der Waals surface area contributed by atoms with E-state index < -0.39 is 24.7 Å². The molecule has 4 aliphatic rings. The Labute approximate surface area is 199 Å². The van der Waals surface area contributed by atoms with Gasteiger partial charge in [-0.05, 0) is 0 Å². The Morgan fingerprint density at radius 2 is 1.53 bits per heavy atom. The van der Waals surface area contributed by atoms with Gasteiger partial charge in [0.15, 0.2) is 0 Å². The standard InChI is InChI=1S/C20H24As2N3OS4/c1-24(2)13-9-15(21-27-5-6-28-21)19-17(11-13)26-18-12-14(25(3)4)10-16(20(18)23-19)22-29-7-8-30-22/h9-12H,5-8H2,1-4H3/q+1. The van der Waals surface area contributed by atoms with E-state index >= 15 is 0 Å². The van der Waals surface area contributed by atoms with Crippen molar-refractivity contribution in [1.82, 2.24) is 9.56 Å². The van der Waals surface area contributed by atoms with Crippen LogP contribution in [0.3, 0.4) is 0 Å². The molecule has 1 aromatic rings. The van der Waals surface area contributed by atoms with E-state index in [1.54, 1.807) is 0 Å². The summed E-state index contributed by atoms with van der Waals surface area (Å²) in [6, 6.07) is 9.11. The third kappa shape index (κ3) is 4.22. The van der Waals surface area contributed by atoms with E-state index in [1.165, 1.54) is 42.8 Å². The van der Waals surface area contributed by atoms with Gasteiger partial charge in [0.05, 0.1) is 0 Å². The number of aromatic nitrogens is 1. The van der Waals surface area contributed by atoms with Gasteiger partial charge in [-0.2, -0.15) is 0 Å². The van der Waals surface area contributed by atoms with Crippen molar-refractivity contribution in [2.45, 2.75) is 0 Å². The van der Waals surface area contributed by atoms with Crippen molar-refractivity contribution in [2.75, 3.05) is 56.1 Å². The van der Waals surface area contributed by atoms with Gasteiger partial charge in [-0.25, -0.2) is 0 Å². The van der Waals surface area contributed by atoms with Crippen molar-refractivity contribution in [3.8, 4) is 11.5 Å². The Morgan fingerprint density at radius 1 is 0.900 bits per heavy atom. The van der Waals surface area contributed by atoms with Crippen molar-refractivity contribution in [3.63, 3.8) is 0 Å². The number of fused-ring (bicyclic) bond motifs is 2. The molecule has 10 heteroatoms. The van der Waals surface area contributed by atoms with Crippen LogP contribution >= 0.6 is 40.1 Å². The number of hydrogen-bond acceptors (Lipinski definition) is 7. The van der Waals surface area contributed by atoms with Gasteiger partial charge < -0.3 is 0 Å². The van der Waals surface area contributed by atoms with Crippen LogP contribution in [0, 0.1) is 0 Å². The number of benzene rings is 2. The number of hydrogen-bond donors (Lipinski definition) is 0. The molecule has 0 atom stereocenters. The van der Waals surface area contributed by atoms with Crippen LogP contribution in [0.15, 0.2) is 28.7 Å². The summed E-state index contributed by atoms with van der Waals surface area (Å²) in [6.45, 7) is 0. The van der Waals surface area contributed by atoms with Gasteiger partial charge in [0.2, 0.25) is 0 Å². The normalized spacial score (nSPS) is 18.0. The van der Waals surface area contributed by atoms with E-state index in [4.69, 9.17) is 9.40 Å². The summed E-state index contributed by atoms with van der Waals surface area (Å²) in [5, 5.41) is 1.21. The number of anilines is 1. The fraction of sp³-hybridized carbons (Fsp3) is 0.400. The quantitative estimate of drug-likeness (QED) is 0.260. The molecule has 0 spiro atoms. The van der Waals surface area contributed by atoms with E-state index in [0.717, 1.165) is 22.6 Å². The first-order valence-corrected chi connectivity index (χ1v) is 24.6. The topological polar surface area (TPSA) is 32.3 Å². The molecule has 0 aromatic heterocycles. The molecule has 0 bridgehead atoms. The fourth-order valence-electron chi connectivity index (χ4n) is 3.40. The molecular formula is C20H24As2N3OS4+. The zero-order chi connectivity index (χ0) is 20.8. The minimum absolute atomic E-state index is 0.933. The molecule has 0 saturated carbocycles. The zero-order valence-electron chi connectivity index (χ0n) is 17.4. The first-order valence-electron chi connectivity index (χ1n) is 9.73. The number of nitrogens with zero attached hydrogens (tertiary/aromatic N) is 3. The summed E-state index contributed by atoms with van der Waals surface area (Å²) in [6.07, 6.45) is 0.